The van der Waals surface area contributed by atoms with Gasteiger partial charge in [-0.15, -0.1) is 0 Å². The fourth-order valence-electron chi connectivity index (χ4n) is 2.62. The fourth-order valence-corrected chi connectivity index (χ4v) is 2.62. The van der Waals surface area contributed by atoms with Gasteiger partial charge in [-0.25, -0.2) is 0 Å². The van der Waals surface area contributed by atoms with Crippen LogP contribution >= 0.6 is 0 Å². The van der Waals surface area contributed by atoms with Crippen molar-refractivity contribution in [3.63, 3.8) is 0 Å². The van der Waals surface area contributed by atoms with Crippen molar-refractivity contribution in [2.45, 2.75) is 6.42 Å². The smallest absolute Gasteiger partial charge is 0.239 e. The van der Waals surface area contributed by atoms with Gasteiger partial charge in [0.25, 0.3) is 0 Å². The summed E-state index contributed by atoms with van der Waals surface area (Å²) in [6.07, 6.45) is 1.02. The SMILES string of the molecule is O=C(CNc1cccc(C#Cc2ccccc2)c1)NCC1CCOC1. The fraction of sp³-hybridized carbons (Fsp3) is 0.286. The van der Waals surface area contributed by atoms with Crippen molar-refractivity contribution in [2.24, 2.45) is 5.92 Å². The molecular formula is C21H22N2O2. The monoisotopic (exact) mass is 334 g/mol. The lowest BCUT2D eigenvalue weighted by atomic mass is 10.1. The summed E-state index contributed by atoms with van der Waals surface area (Å²) in [6, 6.07) is 17.7. The van der Waals surface area contributed by atoms with Crippen molar-refractivity contribution < 1.29 is 9.53 Å². The third-order valence-corrected chi connectivity index (χ3v) is 4.05. The molecule has 2 N–H and O–H groups in total. The summed E-state index contributed by atoms with van der Waals surface area (Å²) in [6.45, 7) is 2.48. The molecule has 1 amide bonds. The predicted octanol–water partition coefficient (Wildman–Crippen LogP) is 2.65. The third-order valence-electron chi connectivity index (χ3n) is 4.05. The zero-order valence-corrected chi connectivity index (χ0v) is 14.1. The molecule has 2 aromatic carbocycles. The molecule has 1 saturated heterocycles. The molecule has 25 heavy (non-hydrogen) atoms. The lowest BCUT2D eigenvalue weighted by molar-refractivity contribution is -0.119. The van der Waals surface area contributed by atoms with E-state index in [0.717, 1.165) is 36.4 Å². The van der Waals surface area contributed by atoms with Gasteiger partial charge in [0.1, 0.15) is 0 Å². The molecule has 0 saturated carbocycles. The molecule has 1 heterocycles. The predicted molar refractivity (Wildman–Crippen MR) is 99.3 cm³/mol. The summed E-state index contributed by atoms with van der Waals surface area (Å²) in [4.78, 5) is 11.9. The van der Waals surface area contributed by atoms with Gasteiger partial charge in [0, 0.05) is 35.9 Å². The number of benzene rings is 2. The van der Waals surface area contributed by atoms with E-state index in [9.17, 15) is 4.79 Å². The Balaban J connectivity index is 1.49. The standard InChI is InChI=1S/C21H22N2O2/c24-21(23-14-19-11-12-25-16-19)15-22-20-8-4-7-18(13-20)10-9-17-5-2-1-3-6-17/h1-8,13,19,22H,11-12,14-16H2,(H,23,24). The maximum atomic E-state index is 11.9. The number of carbonyl (C=O) groups is 1. The van der Waals surface area contributed by atoms with Gasteiger partial charge in [-0.05, 0) is 36.8 Å². The number of carbonyl (C=O) groups excluding carboxylic acids is 1. The molecule has 4 nitrogen and oxygen atoms in total. The molecule has 0 aromatic heterocycles. The Morgan fingerprint density at radius 1 is 1.08 bits per heavy atom. The molecule has 0 radical (unpaired) electrons. The highest BCUT2D eigenvalue weighted by Crippen LogP contribution is 2.11. The second kappa shape index (κ2) is 8.91. The Bertz CT molecular complexity index is 756. The van der Waals surface area contributed by atoms with E-state index in [2.05, 4.69) is 22.5 Å². The summed E-state index contributed by atoms with van der Waals surface area (Å²) in [5, 5.41) is 6.09. The minimum atomic E-state index is -0.00678. The Hall–Kier alpha value is -2.77. The topological polar surface area (TPSA) is 50.4 Å². The van der Waals surface area contributed by atoms with Crippen molar-refractivity contribution in [3.8, 4) is 11.8 Å². The molecule has 1 aliphatic rings. The van der Waals surface area contributed by atoms with Gasteiger partial charge in [-0.3, -0.25) is 4.79 Å². The Morgan fingerprint density at radius 2 is 1.88 bits per heavy atom. The Kier molecular flexibility index (Phi) is 6.08. The highest BCUT2D eigenvalue weighted by atomic mass is 16.5. The minimum absolute atomic E-state index is 0.00678. The van der Waals surface area contributed by atoms with Gasteiger partial charge in [-0.2, -0.15) is 0 Å². The lowest BCUT2D eigenvalue weighted by Crippen LogP contribution is -2.33. The minimum Gasteiger partial charge on any atom is -0.381 e. The largest absolute Gasteiger partial charge is 0.381 e. The number of hydrogen-bond acceptors (Lipinski definition) is 3. The molecule has 2 aromatic rings. The van der Waals surface area contributed by atoms with E-state index in [-0.39, 0.29) is 12.5 Å². The molecule has 0 aliphatic carbocycles. The van der Waals surface area contributed by atoms with E-state index < -0.39 is 0 Å². The van der Waals surface area contributed by atoms with E-state index >= 15 is 0 Å². The van der Waals surface area contributed by atoms with Gasteiger partial charge < -0.3 is 15.4 Å². The van der Waals surface area contributed by atoms with Crippen LogP contribution in [-0.2, 0) is 9.53 Å². The summed E-state index contributed by atoms with van der Waals surface area (Å²) in [7, 11) is 0. The number of ether oxygens (including phenoxy) is 1. The van der Waals surface area contributed by atoms with Crippen LogP contribution in [0.5, 0.6) is 0 Å². The van der Waals surface area contributed by atoms with Gasteiger partial charge in [-0.1, -0.05) is 36.1 Å². The maximum Gasteiger partial charge on any atom is 0.239 e. The van der Waals surface area contributed by atoms with Crippen LogP contribution in [0, 0.1) is 17.8 Å². The maximum absolute atomic E-state index is 11.9. The number of hydrogen-bond donors (Lipinski definition) is 2. The Morgan fingerprint density at radius 3 is 2.68 bits per heavy atom. The first kappa shape index (κ1) is 17.1. The molecule has 0 bridgehead atoms. The normalized spacial score (nSPS) is 15.9. The average Bonchev–Trinajstić information content (AvgIpc) is 3.18. The van der Waals surface area contributed by atoms with Gasteiger partial charge in [0.15, 0.2) is 0 Å². The highest BCUT2D eigenvalue weighted by molar-refractivity contribution is 5.80. The first-order chi connectivity index (χ1) is 12.3. The molecule has 0 spiro atoms. The first-order valence-electron chi connectivity index (χ1n) is 8.55. The summed E-state index contributed by atoms with van der Waals surface area (Å²) in [5.41, 5.74) is 2.78. The number of amides is 1. The zero-order valence-electron chi connectivity index (χ0n) is 14.1. The van der Waals surface area contributed by atoms with Crippen LogP contribution in [0.1, 0.15) is 17.5 Å². The van der Waals surface area contributed by atoms with Crippen molar-refractivity contribution in [1.82, 2.24) is 5.32 Å². The quantitative estimate of drug-likeness (QED) is 0.827. The van der Waals surface area contributed by atoms with Crippen LogP contribution in [-0.4, -0.2) is 32.2 Å². The van der Waals surface area contributed by atoms with Gasteiger partial charge in [0.2, 0.25) is 5.91 Å². The number of nitrogens with one attached hydrogen (secondary N) is 2. The van der Waals surface area contributed by atoms with Crippen LogP contribution in [0.4, 0.5) is 5.69 Å². The average molecular weight is 334 g/mol. The van der Waals surface area contributed by atoms with Crippen LogP contribution < -0.4 is 10.6 Å². The number of rotatable bonds is 5. The molecule has 128 valence electrons. The molecular weight excluding hydrogens is 312 g/mol. The van der Waals surface area contributed by atoms with Crippen molar-refractivity contribution in [3.05, 3.63) is 65.7 Å². The van der Waals surface area contributed by atoms with Crippen molar-refractivity contribution >= 4 is 11.6 Å². The summed E-state index contributed by atoms with van der Waals surface area (Å²) in [5.74, 6) is 6.72. The van der Waals surface area contributed by atoms with Crippen LogP contribution in [0.2, 0.25) is 0 Å². The summed E-state index contributed by atoms with van der Waals surface area (Å²) < 4.78 is 5.31. The molecule has 1 fully saturated rings. The van der Waals surface area contributed by atoms with E-state index in [1.54, 1.807) is 0 Å². The second-order valence-corrected chi connectivity index (χ2v) is 6.08. The van der Waals surface area contributed by atoms with Gasteiger partial charge >= 0.3 is 0 Å². The first-order valence-corrected chi connectivity index (χ1v) is 8.55. The lowest BCUT2D eigenvalue weighted by Gasteiger charge is -2.10. The molecule has 1 aliphatic heterocycles. The second-order valence-electron chi connectivity index (χ2n) is 6.08. The highest BCUT2D eigenvalue weighted by Gasteiger charge is 2.16. The molecule has 3 rings (SSSR count). The van der Waals surface area contributed by atoms with E-state index in [1.807, 2.05) is 54.6 Å². The van der Waals surface area contributed by atoms with E-state index in [4.69, 9.17) is 4.74 Å². The van der Waals surface area contributed by atoms with Gasteiger partial charge in [0.05, 0.1) is 13.2 Å². The van der Waals surface area contributed by atoms with Crippen LogP contribution in [0.15, 0.2) is 54.6 Å². The molecule has 4 heteroatoms. The van der Waals surface area contributed by atoms with Crippen LogP contribution in [0.3, 0.4) is 0 Å². The Labute approximate surface area is 148 Å². The van der Waals surface area contributed by atoms with E-state index in [0.29, 0.717) is 12.5 Å². The molecule has 1 unspecified atom stereocenters. The molecule has 1 atom stereocenters. The van der Waals surface area contributed by atoms with E-state index in [1.165, 1.54) is 0 Å². The zero-order chi connectivity index (χ0) is 17.3. The number of anilines is 1. The van der Waals surface area contributed by atoms with Crippen molar-refractivity contribution in [2.75, 3.05) is 31.6 Å². The van der Waals surface area contributed by atoms with Crippen molar-refractivity contribution in [1.29, 1.82) is 0 Å². The third kappa shape index (κ3) is 5.66. The summed E-state index contributed by atoms with van der Waals surface area (Å²) >= 11 is 0. The van der Waals surface area contributed by atoms with Crippen LogP contribution in [0.25, 0.3) is 0 Å².